The van der Waals surface area contributed by atoms with Gasteiger partial charge in [-0.3, -0.25) is 0 Å². The zero-order valence-electron chi connectivity index (χ0n) is 10.9. The second-order valence-electron chi connectivity index (χ2n) is 4.40. The molecule has 0 aliphatic carbocycles. The number of aryl methyl sites for hydroxylation is 1. The smallest absolute Gasteiger partial charge is 0.151 e. The first-order chi connectivity index (χ1) is 7.88. The third-order valence-corrected chi connectivity index (χ3v) is 5.48. The molecule has 0 spiro atoms. The maximum Gasteiger partial charge on any atom is 0.151 e. The maximum absolute atomic E-state index is 11.7. The molecule has 3 nitrogen and oxygen atoms in total. The van der Waals surface area contributed by atoms with Gasteiger partial charge in [0, 0.05) is 17.2 Å². The van der Waals surface area contributed by atoms with Gasteiger partial charge in [0.05, 0.1) is 5.25 Å². The molecule has 0 fully saturated rings. The summed E-state index contributed by atoms with van der Waals surface area (Å²) in [5.41, 5.74) is 1.11. The van der Waals surface area contributed by atoms with E-state index in [0.717, 1.165) is 18.5 Å². The first kappa shape index (κ1) is 14.7. The van der Waals surface area contributed by atoms with Crippen molar-refractivity contribution in [1.82, 2.24) is 5.32 Å². The molecule has 0 radical (unpaired) electrons. The van der Waals surface area contributed by atoms with Crippen LogP contribution in [-0.4, -0.2) is 26.5 Å². The molecule has 2 unspecified atom stereocenters. The average Bonchev–Trinajstić information content (AvgIpc) is 2.64. The normalized spacial score (nSPS) is 15.8. The lowest BCUT2D eigenvalue weighted by molar-refractivity contribution is 0.500. The summed E-state index contributed by atoms with van der Waals surface area (Å²) in [6.07, 6.45) is 2.30. The van der Waals surface area contributed by atoms with Crippen LogP contribution in [0.4, 0.5) is 0 Å². The molecule has 0 aliphatic rings. The third-order valence-electron chi connectivity index (χ3n) is 2.99. The minimum Gasteiger partial charge on any atom is -0.309 e. The molecule has 0 saturated heterocycles. The number of rotatable bonds is 6. The summed E-state index contributed by atoms with van der Waals surface area (Å²) in [5, 5.41) is 4.96. The molecule has 5 heteroatoms. The van der Waals surface area contributed by atoms with E-state index in [1.807, 2.05) is 18.4 Å². The van der Waals surface area contributed by atoms with E-state index in [0.29, 0.717) is 0 Å². The summed E-state index contributed by atoms with van der Waals surface area (Å²) in [7, 11) is -3.03. The van der Waals surface area contributed by atoms with Crippen LogP contribution >= 0.6 is 11.3 Å². The minimum atomic E-state index is -3.03. The maximum atomic E-state index is 11.7. The fourth-order valence-electron chi connectivity index (χ4n) is 1.79. The van der Waals surface area contributed by atoms with Gasteiger partial charge in [-0.1, -0.05) is 6.92 Å². The van der Waals surface area contributed by atoms with Crippen molar-refractivity contribution in [3.63, 3.8) is 0 Å². The summed E-state index contributed by atoms with van der Waals surface area (Å²) >= 11 is 1.66. The molecule has 0 amide bonds. The molecule has 1 aromatic heterocycles. The van der Waals surface area contributed by atoms with E-state index in [1.165, 1.54) is 11.1 Å². The first-order valence-electron chi connectivity index (χ1n) is 5.84. The van der Waals surface area contributed by atoms with Crippen molar-refractivity contribution in [3.05, 3.63) is 21.9 Å². The summed E-state index contributed by atoms with van der Waals surface area (Å²) in [6.45, 7) is 6.73. The number of thiophene rings is 1. The Kier molecular flexibility index (Phi) is 5.16. The van der Waals surface area contributed by atoms with Crippen LogP contribution in [-0.2, 0) is 9.84 Å². The van der Waals surface area contributed by atoms with Crippen molar-refractivity contribution in [2.75, 3.05) is 12.8 Å². The second kappa shape index (κ2) is 5.98. The monoisotopic (exact) mass is 275 g/mol. The van der Waals surface area contributed by atoms with Gasteiger partial charge in [-0.15, -0.1) is 11.3 Å². The predicted molar refractivity (Wildman–Crippen MR) is 74.4 cm³/mol. The largest absolute Gasteiger partial charge is 0.309 e. The summed E-state index contributed by atoms with van der Waals surface area (Å²) in [5.74, 6) is 0. The van der Waals surface area contributed by atoms with Crippen LogP contribution in [0.2, 0.25) is 0 Å². The van der Waals surface area contributed by atoms with Gasteiger partial charge in [0.2, 0.25) is 0 Å². The van der Waals surface area contributed by atoms with E-state index in [4.69, 9.17) is 0 Å². The number of nitrogens with one attached hydrogen (secondary N) is 1. The van der Waals surface area contributed by atoms with E-state index in [-0.39, 0.29) is 6.04 Å². The van der Waals surface area contributed by atoms with E-state index in [2.05, 4.69) is 12.2 Å². The van der Waals surface area contributed by atoms with Gasteiger partial charge in [-0.05, 0) is 43.8 Å². The molecule has 1 rings (SSSR count). The molecule has 1 aromatic rings. The Hall–Kier alpha value is -0.390. The number of sulfone groups is 1. The SMILES string of the molecule is CCCNC(c1ccsc1C)C(C)S(C)(=O)=O. The van der Waals surface area contributed by atoms with Crippen molar-refractivity contribution < 1.29 is 8.42 Å². The van der Waals surface area contributed by atoms with Crippen molar-refractivity contribution in [2.45, 2.75) is 38.5 Å². The first-order valence-corrected chi connectivity index (χ1v) is 8.67. The van der Waals surface area contributed by atoms with Gasteiger partial charge in [0.15, 0.2) is 9.84 Å². The fraction of sp³-hybridized carbons (Fsp3) is 0.667. The Morgan fingerprint density at radius 3 is 2.53 bits per heavy atom. The quantitative estimate of drug-likeness (QED) is 0.868. The standard InChI is InChI=1S/C12H21NO2S2/c1-5-7-13-12(10(3)17(4,14)15)11-6-8-16-9(11)2/h6,8,10,12-13H,5,7H2,1-4H3. The molecule has 0 saturated carbocycles. The van der Waals surface area contributed by atoms with Crippen LogP contribution in [0, 0.1) is 6.92 Å². The van der Waals surface area contributed by atoms with Crippen LogP contribution in [0.1, 0.15) is 36.8 Å². The van der Waals surface area contributed by atoms with Crippen LogP contribution in [0.15, 0.2) is 11.4 Å². The van der Waals surface area contributed by atoms with Crippen molar-refractivity contribution >= 4 is 21.2 Å². The van der Waals surface area contributed by atoms with Crippen molar-refractivity contribution in [3.8, 4) is 0 Å². The third kappa shape index (κ3) is 3.79. The molecule has 1 heterocycles. The molecule has 98 valence electrons. The average molecular weight is 275 g/mol. The molecular formula is C12H21NO2S2. The molecule has 0 aliphatic heterocycles. The lowest BCUT2D eigenvalue weighted by Crippen LogP contribution is -2.35. The Bertz CT molecular complexity index is 451. The van der Waals surface area contributed by atoms with Crippen molar-refractivity contribution in [2.24, 2.45) is 0 Å². The minimum absolute atomic E-state index is 0.101. The van der Waals surface area contributed by atoms with E-state index in [9.17, 15) is 8.42 Å². The summed E-state index contributed by atoms with van der Waals surface area (Å²) < 4.78 is 23.4. The van der Waals surface area contributed by atoms with Crippen LogP contribution in [0.25, 0.3) is 0 Å². The Balaban J connectivity index is 3.00. The van der Waals surface area contributed by atoms with Crippen LogP contribution < -0.4 is 5.32 Å². The lowest BCUT2D eigenvalue weighted by atomic mass is 10.1. The van der Waals surface area contributed by atoms with E-state index < -0.39 is 15.1 Å². The molecular weight excluding hydrogens is 254 g/mol. The topological polar surface area (TPSA) is 46.2 Å². The summed E-state index contributed by atoms with van der Waals surface area (Å²) in [6, 6.07) is 1.92. The Labute approximate surface area is 108 Å². The highest BCUT2D eigenvalue weighted by molar-refractivity contribution is 7.91. The second-order valence-corrected chi connectivity index (χ2v) is 7.92. The van der Waals surface area contributed by atoms with E-state index in [1.54, 1.807) is 18.3 Å². The zero-order chi connectivity index (χ0) is 13.1. The highest BCUT2D eigenvalue weighted by atomic mass is 32.2. The Morgan fingerprint density at radius 2 is 2.12 bits per heavy atom. The number of hydrogen-bond donors (Lipinski definition) is 1. The highest BCUT2D eigenvalue weighted by Gasteiger charge is 2.28. The van der Waals surface area contributed by atoms with Gasteiger partial charge < -0.3 is 5.32 Å². The molecule has 1 N–H and O–H groups in total. The molecule has 17 heavy (non-hydrogen) atoms. The zero-order valence-corrected chi connectivity index (χ0v) is 12.5. The molecule has 0 bridgehead atoms. The van der Waals surface area contributed by atoms with E-state index >= 15 is 0 Å². The van der Waals surface area contributed by atoms with Gasteiger partial charge >= 0.3 is 0 Å². The van der Waals surface area contributed by atoms with Gasteiger partial charge in [0.25, 0.3) is 0 Å². The van der Waals surface area contributed by atoms with Gasteiger partial charge in [-0.25, -0.2) is 8.42 Å². The highest BCUT2D eigenvalue weighted by Crippen LogP contribution is 2.27. The summed E-state index contributed by atoms with van der Waals surface area (Å²) in [4.78, 5) is 1.19. The van der Waals surface area contributed by atoms with Crippen LogP contribution in [0.5, 0.6) is 0 Å². The van der Waals surface area contributed by atoms with Gasteiger partial charge in [-0.2, -0.15) is 0 Å². The molecule has 2 atom stereocenters. The Morgan fingerprint density at radius 1 is 1.47 bits per heavy atom. The lowest BCUT2D eigenvalue weighted by Gasteiger charge is -2.24. The fourth-order valence-corrected chi connectivity index (χ4v) is 3.28. The van der Waals surface area contributed by atoms with Crippen LogP contribution in [0.3, 0.4) is 0 Å². The molecule has 0 aromatic carbocycles. The van der Waals surface area contributed by atoms with Gasteiger partial charge in [0.1, 0.15) is 0 Å². The van der Waals surface area contributed by atoms with Crippen molar-refractivity contribution in [1.29, 1.82) is 0 Å². The predicted octanol–water partition coefficient (Wildman–Crippen LogP) is 2.53. The number of hydrogen-bond acceptors (Lipinski definition) is 4.